The predicted octanol–water partition coefficient (Wildman–Crippen LogP) is 1.60. The van der Waals surface area contributed by atoms with Gasteiger partial charge in [0.2, 0.25) is 5.09 Å². The number of furan rings is 1. The standard InChI is InChI=1S/C11H20N2O3S/c1-4-7-11(2,3)13-17(14,15)10-6-5-9(8-12)16-10/h5-6,13H,4,7-8,12H2,1-3H3. The summed E-state index contributed by atoms with van der Waals surface area (Å²) in [4.78, 5) is 0. The van der Waals surface area contributed by atoms with Crippen LogP contribution >= 0.6 is 0 Å². The Balaban J connectivity index is 2.88. The van der Waals surface area contributed by atoms with E-state index in [1.165, 1.54) is 6.07 Å². The van der Waals surface area contributed by atoms with E-state index < -0.39 is 15.6 Å². The summed E-state index contributed by atoms with van der Waals surface area (Å²) in [6.07, 6.45) is 1.67. The number of nitrogens with one attached hydrogen (secondary N) is 1. The predicted molar refractivity (Wildman–Crippen MR) is 65.9 cm³/mol. The molecular formula is C11H20N2O3S. The van der Waals surface area contributed by atoms with E-state index in [2.05, 4.69) is 4.72 Å². The van der Waals surface area contributed by atoms with Crippen molar-refractivity contribution in [1.29, 1.82) is 0 Å². The van der Waals surface area contributed by atoms with Crippen molar-refractivity contribution in [2.75, 3.05) is 0 Å². The molecule has 98 valence electrons. The zero-order valence-corrected chi connectivity index (χ0v) is 11.3. The van der Waals surface area contributed by atoms with E-state index in [-0.39, 0.29) is 11.6 Å². The van der Waals surface area contributed by atoms with Gasteiger partial charge < -0.3 is 10.2 Å². The monoisotopic (exact) mass is 260 g/mol. The maximum absolute atomic E-state index is 12.0. The third kappa shape index (κ3) is 3.83. The Morgan fingerprint density at radius 2 is 2.06 bits per heavy atom. The van der Waals surface area contributed by atoms with E-state index in [0.29, 0.717) is 5.76 Å². The summed E-state index contributed by atoms with van der Waals surface area (Å²) in [5, 5.41) is -0.0814. The van der Waals surface area contributed by atoms with Crippen LogP contribution in [0.1, 0.15) is 39.4 Å². The third-order valence-corrected chi connectivity index (χ3v) is 3.96. The second kappa shape index (κ2) is 5.20. The van der Waals surface area contributed by atoms with Gasteiger partial charge in [0.1, 0.15) is 5.76 Å². The molecule has 5 nitrogen and oxygen atoms in total. The molecular weight excluding hydrogens is 240 g/mol. The van der Waals surface area contributed by atoms with Crippen LogP contribution in [-0.2, 0) is 16.6 Å². The van der Waals surface area contributed by atoms with Gasteiger partial charge in [-0.15, -0.1) is 0 Å². The molecule has 0 aliphatic heterocycles. The molecule has 0 aliphatic carbocycles. The minimum atomic E-state index is -3.60. The largest absolute Gasteiger partial charge is 0.447 e. The maximum atomic E-state index is 12.0. The van der Waals surface area contributed by atoms with E-state index in [9.17, 15) is 8.42 Å². The summed E-state index contributed by atoms with van der Waals surface area (Å²) in [6.45, 7) is 5.89. The number of rotatable bonds is 6. The molecule has 1 aromatic rings. The lowest BCUT2D eigenvalue weighted by Crippen LogP contribution is -2.42. The first-order chi connectivity index (χ1) is 7.80. The normalized spacial score (nSPS) is 12.9. The molecule has 0 amide bonds. The topological polar surface area (TPSA) is 85.3 Å². The van der Waals surface area contributed by atoms with Crippen LogP contribution in [0.25, 0.3) is 0 Å². The highest BCUT2D eigenvalue weighted by Gasteiger charge is 2.27. The van der Waals surface area contributed by atoms with Crippen molar-refractivity contribution in [3.63, 3.8) is 0 Å². The minimum Gasteiger partial charge on any atom is -0.447 e. The van der Waals surface area contributed by atoms with Crippen molar-refractivity contribution in [2.24, 2.45) is 5.73 Å². The van der Waals surface area contributed by atoms with E-state index in [1.807, 2.05) is 20.8 Å². The third-order valence-electron chi connectivity index (χ3n) is 2.39. The van der Waals surface area contributed by atoms with Crippen LogP contribution in [-0.4, -0.2) is 14.0 Å². The Morgan fingerprint density at radius 1 is 1.41 bits per heavy atom. The Morgan fingerprint density at radius 3 is 2.53 bits per heavy atom. The Bertz CT molecular complexity index is 463. The average molecular weight is 260 g/mol. The van der Waals surface area contributed by atoms with Crippen molar-refractivity contribution in [2.45, 2.75) is 50.8 Å². The van der Waals surface area contributed by atoms with Crippen LogP contribution in [0.3, 0.4) is 0 Å². The second-order valence-electron chi connectivity index (χ2n) is 4.66. The first-order valence-corrected chi connectivity index (χ1v) is 7.12. The van der Waals surface area contributed by atoms with Crippen LogP contribution in [0, 0.1) is 0 Å². The maximum Gasteiger partial charge on any atom is 0.274 e. The van der Waals surface area contributed by atoms with Gasteiger partial charge in [-0.05, 0) is 32.4 Å². The highest BCUT2D eigenvalue weighted by Crippen LogP contribution is 2.18. The van der Waals surface area contributed by atoms with Crippen LogP contribution in [0.15, 0.2) is 21.6 Å². The number of sulfonamides is 1. The molecule has 0 aromatic carbocycles. The van der Waals surface area contributed by atoms with Crippen molar-refractivity contribution in [1.82, 2.24) is 4.72 Å². The van der Waals surface area contributed by atoms with Gasteiger partial charge in [0.15, 0.2) is 0 Å². The second-order valence-corrected chi connectivity index (χ2v) is 6.28. The zero-order valence-electron chi connectivity index (χ0n) is 10.5. The number of hydrogen-bond acceptors (Lipinski definition) is 4. The smallest absolute Gasteiger partial charge is 0.274 e. The van der Waals surface area contributed by atoms with E-state index in [1.54, 1.807) is 6.07 Å². The van der Waals surface area contributed by atoms with Crippen LogP contribution < -0.4 is 10.5 Å². The fraction of sp³-hybridized carbons (Fsp3) is 0.636. The van der Waals surface area contributed by atoms with Gasteiger partial charge in [0.25, 0.3) is 10.0 Å². The van der Waals surface area contributed by atoms with Crippen LogP contribution in [0.5, 0.6) is 0 Å². The molecule has 0 spiro atoms. The summed E-state index contributed by atoms with van der Waals surface area (Å²) in [5.74, 6) is 0.457. The first-order valence-electron chi connectivity index (χ1n) is 5.63. The molecule has 1 rings (SSSR count). The summed E-state index contributed by atoms with van der Waals surface area (Å²) >= 11 is 0. The molecule has 0 saturated carbocycles. The molecule has 0 fully saturated rings. The van der Waals surface area contributed by atoms with Gasteiger partial charge in [-0.1, -0.05) is 13.3 Å². The van der Waals surface area contributed by atoms with Crippen LogP contribution in [0.4, 0.5) is 0 Å². The molecule has 17 heavy (non-hydrogen) atoms. The molecule has 0 atom stereocenters. The lowest BCUT2D eigenvalue weighted by atomic mass is 10.0. The minimum absolute atomic E-state index is 0.0814. The Labute approximate surface area is 102 Å². The van der Waals surface area contributed by atoms with Crippen molar-refractivity contribution < 1.29 is 12.8 Å². The summed E-state index contributed by atoms with van der Waals surface area (Å²) < 4.78 is 31.8. The zero-order chi connectivity index (χ0) is 13.1. The molecule has 6 heteroatoms. The molecule has 3 N–H and O–H groups in total. The van der Waals surface area contributed by atoms with Gasteiger partial charge in [0.05, 0.1) is 6.54 Å². The fourth-order valence-electron chi connectivity index (χ4n) is 1.70. The highest BCUT2D eigenvalue weighted by molar-refractivity contribution is 7.89. The van der Waals surface area contributed by atoms with Gasteiger partial charge in [-0.2, -0.15) is 0 Å². The number of hydrogen-bond donors (Lipinski definition) is 2. The molecule has 1 heterocycles. The number of nitrogens with two attached hydrogens (primary N) is 1. The lowest BCUT2D eigenvalue weighted by Gasteiger charge is -2.24. The SMILES string of the molecule is CCCC(C)(C)NS(=O)(=O)c1ccc(CN)o1. The first kappa shape index (κ1) is 14.2. The molecule has 1 aromatic heterocycles. The molecule has 0 bridgehead atoms. The Hall–Kier alpha value is -0.850. The van der Waals surface area contributed by atoms with E-state index >= 15 is 0 Å². The van der Waals surface area contributed by atoms with Gasteiger partial charge in [-0.25, -0.2) is 13.1 Å². The van der Waals surface area contributed by atoms with E-state index in [4.69, 9.17) is 10.2 Å². The van der Waals surface area contributed by atoms with Crippen molar-refractivity contribution in [3.8, 4) is 0 Å². The van der Waals surface area contributed by atoms with Gasteiger partial charge >= 0.3 is 0 Å². The average Bonchev–Trinajstić information content (AvgIpc) is 2.64. The van der Waals surface area contributed by atoms with Gasteiger partial charge in [0, 0.05) is 5.54 Å². The van der Waals surface area contributed by atoms with Crippen LogP contribution in [0.2, 0.25) is 0 Å². The summed E-state index contributed by atoms with van der Waals surface area (Å²) in [7, 11) is -3.60. The molecule has 0 radical (unpaired) electrons. The van der Waals surface area contributed by atoms with Crippen molar-refractivity contribution >= 4 is 10.0 Å². The Kier molecular flexibility index (Phi) is 4.35. The molecule has 0 saturated heterocycles. The highest BCUT2D eigenvalue weighted by atomic mass is 32.2. The quantitative estimate of drug-likeness (QED) is 0.813. The summed E-state index contributed by atoms with van der Waals surface area (Å²) in [5.41, 5.74) is 4.89. The fourth-order valence-corrected chi connectivity index (χ4v) is 3.10. The van der Waals surface area contributed by atoms with Gasteiger partial charge in [-0.3, -0.25) is 0 Å². The molecule has 0 aliphatic rings. The van der Waals surface area contributed by atoms with E-state index in [0.717, 1.165) is 12.8 Å². The molecule has 0 unspecified atom stereocenters. The van der Waals surface area contributed by atoms with Crippen molar-refractivity contribution in [3.05, 3.63) is 17.9 Å². The lowest BCUT2D eigenvalue weighted by molar-refractivity contribution is 0.386. The summed E-state index contributed by atoms with van der Waals surface area (Å²) in [6, 6.07) is 2.99.